The summed E-state index contributed by atoms with van der Waals surface area (Å²) in [5, 5.41) is 0. The van der Waals surface area contributed by atoms with Crippen molar-refractivity contribution in [2.45, 2.75) is 20.8 Å². The van der Waals surface area contributed by atoms with Crippen LogP contribution < -0.4 is 4.90 Å². The molecule has 4 nitrogen and oxygen atoms in total. The molecule has 0 aliphatic rings. The Morgan fingerprint density at radius 1 is 1.31 bits per heavy atom. The molecule has 1 amide bonds. The van der Waals surface area contributed by atoms with Crippen LogP contribution in [0, 0.1) is 6.92 Å². The average molecular weight is 219 g/mol. The molecule has 86 valence electrons. The van der Waals surface area contributed by atoms with E-state index in [9.17, 15) is 4.79 Å². The number of amides is 1. The van der Waals surface area contributed by atoms with Gasteiger partial charge in [0.2, 0.25) is 0 Å². The molecule has 0 aliphatic carbocycles. The van der Waals surface area contributed by atoms with E-state index in [0.29, 0.717) is 5.82 Å². The van der Waals surface area contributed by atoms with Crippen molar-refractivity contribution < 1.29 is 4.79 Å². The van der Waals surface area contributed by atoms with E-state index in [1.165, 1.54) is 23.4 Å². The van der Waals surface area contributed by atoms with Crippen LogP contribution in [-0.2, 0) is 4.79 Å². The van der Waals surface area contributed by atoms with Gasteiger partial charge < -0.3 is 0 Å². The van der Waals surface area contributed by atoms with E-state index in [-0.39, 0.29) is 5.91 Å². The molecule has 0 aromatic carbocycles. The topological polar surface area (TPSA) is 46.1 Å². The number of aromatic nitrogens is 2. The Morgan fingerprint density at radius 3 is 2.31 bits per heavy atom. The lowest BCUT2D eigenvalue weighted by atomic mass is 10.4. The summed E-state index contributed by atoms with van der Waals surface area (Å²) in [6.07, 6.45) is 5.67. The maximum absolute atomic E-state index is 11.3. The smallest absolute Gasteiger partial charge is 0.255 e. The van der Waals surface area contributed by atoms with E-state index < -0.39 is 0 Å². The third-order valence-corrected chi connectivity index (χ3v) is 1.61. The van der Waals surface area contributed by atoms with E-state index in [1.54, 1.807) is 6.20 Å². The quantitative estimate of drug-likeness (QED) is 0.734. The first-order chi connectivity index (χ1) is 7.69. The van der Waals surface area contributed by atoms with E-state index in [0.717, 1.165) is 5.69 Å². The van der Waals surface area contributed by atoms with Crippen molar-refractivity contribution in [2.75, 3.05) is 4.90 Å². The highest BCUT2D eigenvalue weighted by molar-refractivity contribution is 6.01. The molecular weight excluding hydrogens is 202 g/mol. The van der Waals surface area contributed by atoms with Crippen LogP contribution in [0.3, 0.4) is 0 Å². The Balaban J connectivity index is 0.00000106. The van der Waals surface area contributed by atoms with Crippen molar-refractivity contribution >= 4 is 11.7 Å². The number of hydrogen-bond acceptors (Lipinski definition) is 3. The molecule has 0 saturated carbocycles. The molecule has 0 saturated heterocycles. The number of aryl methyl sites for hydroxylation is 1. The summed E-state index contributed by atoms with van der Waals surface area (Å²) in [7, 11) is 0. The molecule has 0 spiro atoms. The van der Waals surface area contributed by atoms with Gasteiger partial charge in [0.05, 0.1) is 18.1 Å². The second-order valence-corrected chi connectivity index (χ2v) is 2.61. The Hall–Kier alpha value is -1.97. The SMILES string of the molecule is C=CC(=O)N(C=C)c1cnc(C)cn1.CC. The monoisotopic (exact) mass is 219 g/mol. The molecule has 1 aromatic heterocycles. The van der Waals surface area contributed by atoms with Crippen LogP contribution in [-0.4, -0.2) is 15.9 Å². The van der Waals surface area contributed by atoms with Gasteiger partial charge in [0.25, 0.3) is 5.91 Å². The third kappa shape index (κ3) is 3.65. The molecular formula is C12H17N3O. The maximum atomic E-state index is 11.3. The lowest BCUT2D eigenvalue weighted by molar-refractivity contribution is -0.113. The van der Waals surface area contributed by atoms with Crippen molar-refractivity contribution in [3.63, 3.8) is 0 Å². The normalized spacial score (nSPS) is 8.44. The summed E-state index contributed by atoms with van der Waals surface area (Å²) in [5.74, 6) is 0.161. The molecule has 0 N–H and O–H groups in total. The van der Waals surface area contributed by atoms with Crippen LogP contribution in [0.1, 0.15) is 19.5 Å². The lowest BCUT2D eigenvalue weighted by Gasteiger charge is -2.13. The summed E-state index contributed by atoms with van der Waals surface area (Å²) in [4.78, 5) is 20.6. The van der Waals surface area contributed by atoms with Crippen LogP contribution in [0.25, 0.3) is 0 Å². The summed E-state index contributed by atoms with van der Waals surface area (Å²) in [6, 6.07) is 0. The highest BCUT2D eigenvalue weighted by atomic mass is 16.2. The van der Waals surface area contributed by atoms with Crippen molar-refractivity contribution in [2.24, 2.45) is 0 Å². The predicted octanol–water partition coefficient (Wildman–Crippen LogP) is 2.47. The van der Waals surface area contributed by atoms with Gasteiger partial charge in [-0.3, -0.25) is 14.7 Å². The largest absolute Gasteiger partial charge is 0.269 e. The van der Waals surface area contributed by atoms with Gasteiger partial charge in [-0.2, -0.15) is 0 Å². The number of carbonyl (C=O) groups is 1. The lowest BCUT2D eigenvalue weighted by Crippen LogP contribution is -2.23. The number of rotatable bonds is 3. The highest BCUT2D eigenvalue weighted by Crippen LogP contribution is 2.09. The molecule has 0 bridgehead atoms. The average Bonchev–Trinajstić information content (AvgIpc) is 2.34. The second kappa shape index (κ2) is 7.34. The van der Waals surface area contributed by atoms with E-state index in [4.69, 9.17) is 0 Å². The number of anilines is 1. The molecule has 1 aromatic rings. The molecule has 0 fully saturated rings. The van der Waals surface area contributed by atoms with Gasteiger partial charge in [-0.1, -0.05) is 27.0 Å². The standard InChI is InChI=1S/C10H11N3O.C2H6/c1-4-10(14)13(5-2)9-7-11-8(3)6-12-9;1-2/h4-7H,1-2H2,3H3;1-2H3. The fourth-order valence-electron chi connectivity index (χ4n) is 0.905. The fourth-order valence-corrected chi connectivity index (χ4v) is 0.905. The van der Waals surface area contributed by atoms with Gasteiger partial charge in [-0.05, 0) is 13.0 Å². The molecule has 0 aliphatic heterocycles. The van der Waals surface area contributed by atoms with Gasteiger partial charge in [-0.25, -0.2) is 4.98 Å². The molecule has 0 atom stereocenters. The Bertz CT molecular complexity index is 357. The third-order valence-electron chi connectivity index (χ3n) is 1.61. The van der Waals surface area contributed by atoms with Gasteiger partial charge >= 0.3 is 0 Å². The van der Waals surface area contributed by atoms with E-state index in [1.807, 2.05) is 20.8 Å². The van der Waals surface area contributed by atoms with Crippen LogP contribution in [0.15, 0.2) is 37.8 Å². The zero-order valence-electron chi connectivity index (χ0n) is 9.97. The van der Waals surface area contributed by atoms with Crippen LogP contribution >= 0.6 is 0 Å². The molecule has 0 unspecified atom stereocenters. The summed E-state index contributed by atoms with van der Waals surface area (Å²) in [6.45, 7) is 12.7. The van der Waals surface area contributed by atoms with Gasteiger partial charge in [0, 0.05) is 6.20 Å². The first kappa shape index (κ1) is 14.0. The molecule has 4 heteroatoms. The van der Waals surface area contributed by atoms with Crippen molar-refractivity contribution in [3.8, 4) is 0 Å². The molecule has 16 heavy (non-hydrogen) atoms. The van der Waals surface area contributed by atoms with Crippen LogP contribution in [0.2, 0.25) is 0 Å². The highest BCUT2D eigenvalue weighted by Gasteiger charge is 2.09. The summed E-state index contributed by atoms with van der Waals surface area (Å²) in [5.41, 5.74) is 0.795. The van der Waals surface area contributed by atoms with Crippen molar-refractivity contribution in [1.82, 2.24) is 9.97 Å². The van der Waals surface area contributed by atoms with Gasteiger partial charge in [0.15, 0.2) is 5.82 Å². The number of nitrogens with zero attached hydrogens (tertiary/aromatic N) is 3. The van der Waals surface area contributed by atoms with Crippen molar-refractivity contribution in [3.05, 3.63) is 43.5 Å². The van der Waals surface area contributed by atoms with Crippen LogP contribution in [0.5, 0.6) is 0 Å². The van der Waals surface area contributed by atoms with Crippen molar-refractivity contribution in [1.29, 1.82) is 0 Å². The predicted molar refractivity (Wildman–Crippen MR) is 66.0 cm³/mol. The first-order valence-electron chi connectivity index (χ1n) is 5.06. The molecule has 1 rings (SSSR count). The summed E-state index contributed by atoms with van der Waals surface area (Å²) < 4.78 is 0. The van der Waals surface area contributed by atoms with E-state index >= 15 is 0 Å². The van der Waals surface area contributed by atoms with E-state index in [2.05, 4.69) is 23.1 Å². The Kier molecular flexibility index (Phi) is 6.43. The van der Waals surface area contributed by atoms with Gasteiger partial charge in [0.1, 0.15) is 0 Å². The maximum Gasteiger partial charge on any atom is 0.255 e. The fraction of sp³-hybridized carbons (Fsp3) is 0.250. The second-order valence-electron chi connectivity index (χ2n) is 2.61. The zero-order valence-corrected chi connectivity index (χ0v) is 9.97. The summed E-state index contributed by atoms with van der Waals surface area (Å²) >= 11 is 0. The Morgan fingerprint density at radius 2 is 1.94 bits per heavy atom. The van der Waals surface area contributed by atoms with Gasteiger partial charge in [-0.15, -0.1) is 0 Å². The first-order valence-corrected chi connectivity index (χ1v) is 5.06. The molecule has 0 radical (unpaired) electrons. The number of hydrogen-bond donors (Lipinski definition) is 0. The zero-order chi connectivity index (χ0) is 12.6. The number of carbonyl (C=O) groups excluding carboxylic acids is 1. The minimum atomic E-state index is -0.279. The minimum Gasteiger partial charge on any atom is -0.269 e. The Labute approximate surface area is 96.3 Å². The van der Waals surface area contributed by atoms with Crippen LogP contribution in [0.4, 0.5) is 5.82 Å². The molecule has 1 heterocycles. The minimum absolute atomic E-state index is 0.279.